The fourth-order valence-electron chi connectivity index (χ4n) is 2.90. The monoisotopic (exact) mass is 463 g/mol. The number of nitrogens with zero attached hydrogens (tertiary/aromatic N) is 1. The number of sulfonamides is 1. The first-order valence-electron chi connectivity index (χ1n) is 8.66. The van der Waals surface area contributed by atoms with Crippen molar-refractivity contribution in [2.24, 2.45) is 0 Å². The highest BCUT2D eigenvalue weighted by Gasteiger charge is 2.31. The summed E-state index contributed by atoms with van der Waals surface area (Å²) in [4.78, 5) is 0.0895. The van der Waals surface area contributed by atoms with Crippen molar-refractivity contribution in [3.8, 4) is 0 Å². The number of benzene rings is 2. The molecule has 0 radical (unpaired) electrons. The van der Waals surface area contributed by atoms with Crippen LogP contribution in [0.3, 0.4) is 0 Å². The molecule has 9 heteroatoms. The van der Waals surface area contributed by atoms with E-state index in [1.165, 1.54) is 34.6 Å². The van der Waals surface area contributed by atoms with Gasteiger partial charge in [0.05, 0.1) is 17.2 Å². The van der Waals surface area contributed by atoms with Crippen molar-refractivity contribution < 1.29 is 17.7 Å². The Hall–Kier alpha value is -1.12. The molecular formula is C19H23Cl2NO4S2. The van der Waals surface area contributed by atoms with Gasteiger partial charge in [-0.15, -0.1) is 0 Å². The van der Waals surface area contributed by atoms with Crippen molar-refractivity contribution in [3.05, 3.63) is 58.1 Å². The van der Waals surface area contributed by atoms with Crippen molar-refractivity contribution >= 4 is 49.7 Å². The second-order valence-corrected chi connectivity index (χ2v) is 10.7. The van der Waals surface area contributed by atoms with Gasteiger partial charge in [0.1, 0.15) is 0 Å². The van der Waals surface area contributed by atoms with Crippen molar-refractivity contribution in [2.45, 2.75) is 37.3 Å². The molecule has 0 saturated heterocycles. The SMILES string of the molecule is C[C@H](CCCS(C)=O)N(c1cc(Cl)ccc1CO)S(=O)(=O)c1ccc(Cl)cc1. The van der Waals surface area contributed by atoms with Crippen LogP contribution in [0.1, 0.15) is 25.3 Å². The molecule has 28 heavy (non-hydrogen) atoms. The molecule has 2 rings (SSSR count). The van der Waals surface area contributed by atoms with Crippen LogP contribution < -0.4 is 4.31 Å². The maximum Gasteiger partial charge on any atom is 0.264 e. The normalized spacial score (nSPS) is 13.9. The standard InChI is InChI=1S/C19H23Cl2NO4S2/c1-14(4-3-11-27(2)24)22(19-12-17(21)6-5-15(19)13-23)28(25,26)18-9-7-16(20)8-10-18/h5-10,12,14,23H,3-4,11,13H2,1-2H3/t14-,27?/m1/s1. The molecule has 2 atom stereocenters. The van der Waals surface area contributed by atoms with E-state index < -0.39 is 26.9 Å². The maximum absolute atomic E-state index is 13.5. The lowest BCUT2D eigenvalue weighted by molar-refractivity contribution is 0.282. The van der Waals surface area contributed by atoms with Gasteiger partial charge in [-0.25, -0.2) is 8.42 Å². The largest absolute Gasteiger partial charge is 0.392 e. The number of aliphatic hydroxyl groups excluding tert-OH is 1. The molecule has 2 aromatic rings. The molecule has 0 heterocycles. The molecular weight excluding hydrogens is 441 g/mol. The topological polar surface area (TPSA) is 74.7 Å². The van der Waals surface area contributed by atoms with Gasteiger partial charge < -0.3 is 5.11 Å². The van der Waals surface area contributed by atoms with Crippen LogP contribution in [0.25, 0.3) is 0 Å². The molecule has 0 saturated carbocycles. The van der Waals surface area contributed by atoms with Crippen LogP contribution in [0.5, 0.6) is 0 Å². The summed E-state index contributed by atoms with van der Waals surface area (Å²) in [7, 11) is -4.89. The molecule has 0 aromatic heterocycles. The lowest BCUT2D eigenvalue weighted by Gasteiger charge is -2.32. The molecule has 0 spiro atoms. The number of hydrogen-bond acceptors (Lipinski definition) is 4. The molecule has 0 aliphatic rings. The Morgan fingerprint density at radius 1 is 1.11 bits per heavy atom. The van der Waals surface area contributed by atoms with E-state index in [1.807, 2.05) is 0 Å². The third-order valence-electron chi connectivity index (χ3n) is 4.28. The predicted octanol–water partition coefficient (Wildman–Crippen LogP) is 4.23. The van der Waals surface area contributed by atoms with Crippen molar-refractivity contribution in [2.75, 3.05) is 16.3 Å². The quantitative estimate of drug-likeness (QED) is 0.603. The maximum atomic E-state index is 13.5. The van der Waals surface area contributed by atoms with Gasteiger partial charge in [0.15, 0.2) is 0 Å². The molecule has 1 N–H and O–H groups in total. The van der Waals surface area contributed by atoms with E-state index >= 15 is 0 Å². The zero-order chi connectivity index (χ0) is 20.9. The van der Waals surface area contributed by atoms with Crippen LogP contribution >= 0.6 is 23.2 Å². The first-order chi connectivity index (χ1) is 13.2. The summed E-state index contributed by atoms with van der Waals surface area (Å²) in [6, 6.07) is 10.2. The van der Waals surface area contributed by atoms with Crippen LogP contribution in [-0.4, -0.2) is 35.8 Å². The highest BCUT2D eigenvalue weighted by molar-refractivity contribution is 7.92. The fraction of sp³-hybridized carbons (Fsp3) is 0.368. The van der Waals surface area contributed by atoms with Crippen LogP contribution in [0.2, 0.25) is 10.0 Å². The zero-order valence-corrected chi connectivity index (χ0v) is 18.8. The molecule has 0 aliphatic heterocycles. The van der Waals surface area contributed by atoms with Gasteiger partial charge in [-0.2, -0.15) is 0 Å². The highest BCUT2D eigenvalue weighted by Crippen LogP contribution is 2.33. The Labute approximate surface area is 178 Å². The average Bonchev–Trinajstić information content (AvgIpc) is 2.62. The van der Waals surface area contributed by atoms with Crippen LogP contribution in [0.4, 0.5) is 5.69 Å². The minimum Gasteiger partial charge on any atom is -0.392 e. The van der Waals surface area contributed by atoms with Gasteiger partial charge in [-0.1, -0.05) is 29.3 Å². The van der Waals surface area contributed by atoms with Crippen LogP contribution in [0, 0.1) is 0 Å². The van der Waals surface area contributed by atoms with E-state index in [-0.39, 0.29) is 11.5 Å². The smallest absolute Gasteiger partial charge is 0.264 e. The van der Waals surface area contributed by atoms with Crippen molar-refractivity contribution in [3.63, 3.8) is 0 Å². The lowest BCUT2D eigenvalue weighted by Crippen LogP contribution is -2.39. The molecule has 154 valence electrons. The fourth-order valence-corrected chi connectivity index (χ4v) is 5.48. The van der Waals surface area contributed by atoms with E-state index in [0.29, 0.717) is 39.9 Å². The number of rotatable bonds is 9. The summed E-state index contributed by atoms with van der Waals surface area (Å²) in [5.74, 6) is 0.488. The third kappa shape index (κ3) is 5.70. The lowest BCUT2D eigenvalue weighted by atomic mass is 10.1. The summed E-state index contributed by atoms with van der Waals surface area (Å²) in [6.45, 7) is 1.46. The van der Waals surface area contributed by atoms with E-state index in [2.05, 4.69) is 0 Å². The number of anilines is 1. The molecule has 1 unspecified atom stereocenters. The summed E-state index contributed by atoms with van der Waals surface area (Å²) >= 11 is 12.0. The summed E-state index contributed by atoms with van der Waals surface area (Å²) < 4.78 is 39.6. The van der Waals surface area contributed by atoms with Gasteiger partial charge in [-0.3, -0.25) is 8.51 Å². The average molecular weight is 464 g/mol. The second-order valence-electron chi connectivity index (χ2n) is 6.45. The van der Waals surface area contributed by atoms with E-state index in [9.17, 15) is 17.7 Å². The van der Waals surface area contributed by atoms with E-state index in [1.54, 1.807) is 25.3 Å². The molecule has 0 fully saturated rings. The van der Waals surface area contributed by atoms with Crippen molar-refractivity contribution in [1.29, 1.82) is 0 Å². The highest BCUT2D eigenvalue weighted by atomic mass is 35.5. The minimum atomic E-state index is -3.94. The minimum absolute atomic E-state index is 0.0895. The summed E-state index contributed by atoms with van der Waals surface area (Å²) in [6.07, 6.45) is 2.73. The summed E-state index contributed by atoms with van der Waals surface area (Å²) in [5, 5.41) is 10.5. The van der Waals surface area contributed by atoms with Gasteiger partial charge in [0, 0.05) is 44.5 Å². The Balaban J connectivity index is 2.54. The van der Waals surface area contributed by atoms with Gasteiger partial charge in [0.2, 0.25) is 0 Å². The number of aliphatic hydroxyl groups is 1. The molecule has 0 bridgehead atoms. The van der Waals surface area contributed by atoms with E-state index in [4.69, 9.17) is 23.2 Å². The Morgan fingerprint density at radius 2 is 1.71 bits per heavy atom. The number of hydrogen-bond donors (Lipinski definition) is 1. The van der Waals surface area contributed by atoms with Gasteiger partial charge >= 0.3 is 0 Å². The Kier molecular flexibility index (Phi) is 8.33. The van der Waals surface area contributed by atoms with Gasteiger partial charge in [-0.05, 0) is 56.2 Å². The summed E-state index contributed by atoms with van der Waals surface area (Å²) in [5.41, 5.74) is 0.780. The van der Waals surface area contributed by atoms with E-state index in [0.717, 1.165) is 0 Å². The third-order valence-corrected chi connectivity index (χ3v) is 7.57. The Morgan fingerprint density at radius 3 is 2.29 bits per heavy atom. The number of halogens is 2. The molecule has 0 amide bonds. The Bertz CT molecular complexity index is 933. The van der Waals surface area contributed by atoms with Crippen LogP contribution in [-0.2, 0) is 27.4 Å². The second kappa shape index (κ2) is 10.1. The van der Waals surface area contributed by atoms with Gasteiger partial charge in [0.25, 0.3) is 10.0 Å². The van der Waals surface area contributed by atoms with Crippen molar-refractivity contribution in [1.82, 2.24) is 0 Å². The first-order valence-corrected chi connectivity index (χ1v) is 12.6. The van der Waals surface area contributed by atoms with Crippen LogP contribution in [0.15, 0.2) is 47.4 Å². The predicted molar refractivity (Wildman–Crippen MR) is 116 cm³/mol. The molecule has 5 nitrogen and oxygen atoms in total. The first kappa shape index (κ1) is 23.2. The molecule has 2 aromatic carbocycles. The zero-order valence-electron chi connectivity index (χ0n) is 15.6. The molecule has 0 aliphatic carbocycles.